The van der Waals surface area contributed by atoms with E-state index in [-0.39, 0.29) is 17.4 Å². The van der Waals surface area contributed by atoms with Gasteiger partial charge in [-0.15, -0.1) is 0 Å². The number of nitro groups is 1. The van der Waals surface area contributed by atoms with Crippen molar-refractivity contribution in [3.8, 4) is 5.75 Å². The second-order valence-electron chi connectivity index (χ2n) is 6.41. The van der Waals surface area contributed by atoms with Gasteiger partial charge >= 0.3 is 6.16 Å². The van der Waals surface area contributed by atoms with Crippen molar-refractivity contribution < 1.29 is 19.2 Å². The van der Waals surface area contributed by atoms with Gasteiger partial charge < -0.3 is 9.47 Å². The molecular formula is C17H23NO5. The van der Waals surface area contributed by atoms with Gasteiger partial charge in [0, 0.05) is 5.56 Å². The number of nitro benzene ring substituents is 1. The van der Waals surface area contributed by atoms with Crippen molar-refractivity contribution in [2.75, 3.05) is 7.11 Å². The summed E-state index contributed by atoms with van der Waals surface area (Å²) < 4.78 is 9.73. The van der Waals surface area contributed by atoms with Crippen LogP contribution in [0.3, 0.4) is 0 Å². The molecule has 0 unspecified atom stereocenters. The number of nitrogens with zero attached hydrogens (tertiary/aromatic N) is 1. The molecule has 126 valence electrons. The van der Waals surface area contributed by atoms with E-state index in [0.717, 1.165) is 31.2 Å². The second-order valence-corrected chi connectivity index (χ2v) is 6.41. The normalized spacial score (nSPS) is 15.0. The van der Waals surface area contributed by atoms with Crippen molar-refractivity contribution in [1.82, 2.24) is 0 Å². The molecule has 0 radical (unpaired) electrons. The Morgan fingerprint density at radius 3 is 2.52 bits per heavy atom. The summed E-state index contributed by atoms with van der Waals surface area (Å²) in [6, 6.07) is 3.23. The quantitative estimate of drug-likeness (QED) is 0.343. The number of methoxy groups -OCH3 is 1. The molecular weight excluding hydrogens is 298 g/mol. The van der Waals surface area contributed by atoms with Gasteiger partial charge in [-0.25, -0.2) is 4.79 Å². The molecule has 0 saturated heterocycles. The predicted octanol–water partition coefficient (Wildman–Crippen LogP) is 4.60. The Morgan fingerprint density at radius 1 is 1.35 bits per heavy atom. The van der Waals surface area contributed by atoms with Gasteiger partial charge in [-0.2, -0.15) is 0 Å². The van der Waals surface area contributed by atoms with Crippen molar-refractivity contribution >= 4 is 11.8 Å². The summed E-state index contributed by atoms with van der Waals surface area (Å²) in [5.41, 5.74) is 1.58. The van der Waals surface area contributed by atoms with Crippen molar-refractivity contribution in [3.63, 3.8) is 0 Å². The van der Waals surface area contributed by atoms with E-state index in [4.69, 9.17) is 4.74 Å². The fraction of sp³-hybridized carbons (Fsp3) is 0.588. The summed E-state index contributed by atoms with van der Waals surface area (Å²) in [5.74, 6) is 0.835. The van der Waals surface area contributed by atoms with Crippen LogP contribution in [-0.2, 0) is 11.2 Å². The number of carbonyl (C=O) groups excluding carboxylic acids is 1. The van der Waals surface area contributed by atoms with Gasteiger partial charge in [-0.1, -0.05) is 26.7 Å². The number of carbonyl (C=O) groups is 1. The van der Waals surface area contributed by atoms with Crippen LogP contribution in [0.2, 0.25) is 0 Å². The van der Waals surface area contributed by atoms with E-state index in [1.54, 1.807) is 0 Å². The maximum Gasteiger partial charge on any atom is 0.513 e. The first-order valence-electron chi connectivity index (χ1n) is 7.99. The van der Waals surface area contributed by atoms with Crippen molar-refractivity contribution in [3.05, 3.63) is 33.4 Å². The molecule has 1 aromatic carbocycles. The standard InChI is InChI=1S/C17H23NO5/c1-11(2)8-13-9-14(12-6-4-5-7-12)16(23-17(19)22-3)10-15(13)18(20)21/h9-12H,4-8H2,1-3H3. The minimum absolute atomic E-state index is 0.000602. The average molecular weight is 321 g/mol. The monoisotopic (exact) mass is 321 g/mol. The Labute approximate surface area is 135 Å². The van der Waals surface area contributed by atoms with Crippen LogP contribution in [0.25, 0.3) is 0 Å². The van der Waals surface area contributed by atoms with Gasteiger partial charge in [0.25, 0.3) is 5.69 Å². The van der Waals surface area contributed by atoms with E-state index < -0.39 is 11.1 Å². The molecule has 0 aromatic heterocycles. The molecule has 1 aliphatic rings. The lowest BCUT2D eigenvalue weighted by Gasteiger charge is -2.17. The van der Waals surface area contributed by atoms with Crippen LogP contribution < -0.4 is 4.74 Å². The summed E-state index contributed by atoms with van der Waals surface area (Å²) in [4.78, 5) is 22.4. The van der Waals surface area contributed by atoms with Gasteiger partial charge in [0.15, 0.2) is 0 Å². The van der Waals surface area contributed by atoms with Crippen LogP contribution in [0.1, 0.15) is 56.6 Å². The van der Waals surface area contributed by atoms with Crippen LogP contribution in [0.15, 0.2) is 12.1 Å². The van der Waals surface area contributed by atoms with E-state index in [2.05, 4.69) is 4.74 Å². The van der Waals surface area contributed by atoms with Gasteiger partial charge in [0.1, 0.15) is 5.75 Å². The zero-order valence-corrected chi connectivity index (χ0v) is 13.8. The minimum Gasteiger partial charge on any atom is -0.437 e. The number of hydrogen-bond donors (Lipinski definition) is 0. The third-order valence-electron chi connectivity index (χ3n) is 4.19. The topological polar surface area (TPSA) is 78.7 Å². The Bertz CT molecular complexity index is 591. The lowest BCUT2D eigenvalue weighted by Crippen LogP contribution is -2.11. The Balaban J connectivity index is 2.50. The van der Waals surface area contributed by atoms with Crippen molar-refractivity contribution in [1.29, 1.82) is 0 Å². The number of rotatable bonds is 5. The molecule has 1 saturated carbocycles. The summed E-state index contributed by atoms with van der Waals surface area (Å²) >= 11 is 0. The zero-order valence-electron chi connectivity index (χ0n) is 13.8. The highest BCUT2D eigenvalue weighted by Gasteiger charge is 2.27. The van der Waals surface area contributed by atoms with E-state index in [1.165, 1.54) is 13.2 Å². The zero-order chi connectivity index (χ0) is 17.0. The molecule has 0 bridgehead atoms. The molecule has 0 aliphatic heterocycles. The molecule has 0 heterocycles. The lowest BCUT2D eigenvalue weighted by atomic mass is 9.91. The van der Waals surface area contributed by atoms with Gasteiger partial charge in [-0.05, 0) is 42.7 Å². The molecule has 1 aromatic rings. The van der Waals surface area contributed by atoms with Crippen LogP contribution >= 0.6 is 0 Å². The second kappa shape index (κ2) is 7.44. The molecule has 2 rings (SSSR count). The molecule has 1 fully saturated rings. The molecule has 23 heavy (non-hydrogen) atoms. The van der Waals surface area contributed by atoms with Crippen LogP contribution in [0.4, 0.5) is 10.5 Å². The van der Waals surface area contributed by atoms with E-state index in [9.17, 15) is 14.9 Å². The molecule has 1 aliphatic carbocycles. The van der Waals surface area contributed by atoms with E-state index >= 15 is 0 Å². The maximum atomic E-state index is 11.5. The summed E-state index contributed by atoms with van der Waals surface area (Å²) in [6.45, 7) is 4.05. The summed E-state index contributed by atoms with van der Waals surface area (Å²) in [6.07, 6.45) is 4.04. The first-order valence-corrected chi connectivity index (χ1v) is 7.99. The first kappa shape index (κ1) is 17.2. The van der Waals surface area contributed by atoms with Crippen LogP contribution in [-0.4, -0.2) is 18.2 Å². The molecule has 0 N–H and O–H groups in total. The summed E-state index contributed by atoms with van der Waals surface area (Å²) in [7, 11) is 1.22. The molecule has 0 spiro atoms. The molecule has 0 atom stereocenters. The fourth-order valence-electron chi connectivity index (χ4n) is 3.18. The maximum absolute atomic E-state index is 11.5. The lowest BCUT2D eigenvalue weighted by molar-refractivity contribution is -0.385. The number of benzene rings is 1. The van der Waals surface area contributed by atoms with Crippen LogP contribution in [0, 0.1) is 16.0 Å². The average Bonchev–Trinajstić information content (AvgIpc) is 3.01. The van der Waals surface area contributed by atoms with Gasteiger partial charge in [-0.3, -0.25) is 10.1 Å². The largest absolute Gasteiger partial charge is 0.513 e. The highest BCUT2D eigenvalue weighted by Crippen LogP contribution is 2.42. The third kappa shape index (κ3) is 4.21. The Morgan fingerprint density at radius 2 is 2.00 bits per heavy atom. The van der Waals surface area contributed by atoms with Gasteiger partial charge in [0.2, 0.25) is 0 Å². The van der Waals surface area contributed by atoms with Crippen molar-refractivity contribution in [2.24, 2.45) is 5.92 Å². The van der Waals surface area contributed by atoms with Crippen molar-refractivity contribution in [2.45, 2.75) is 51.9 Å². The first-order chi connectivity index (χ1) is 10.9. The van der Waals surface area contributed by atoms with Crippen LogP contribution in [0.5, 0.6) is 5.75 Å². The molecule has 0 amide bonds. The SMILES string of the molecule is COC(=O)Oc1cc([N+](=O)[O-])c(CC(C)C)cc1C1CCCC1. The van der Waals surface area contributed by atoms with E-state index in [0.29, 0.717) is 17.9 Å². The predicted molar refractivity (Wildman–Crippen MR) is 85.9 cm³/mol. The third-order valence-corrected chi connectivity index (χ3v) is 4.19. The number of hydrogen-bond acceptors (Lipinski definition) is 5. The molecule has 6 heteroatoms. The van der Waals surface area contributed by atoms with Gasteiger partial charge in [0.05, 0.1) is 18.1 Å². The highest BCUT2D eigenvalue weighted by atomic mass is 16.7. The number of ether oxygens (including phenoxy) is 2. The minimum atomic E-state index is -0.852. The smallest absolute Gasteiger partial charge is 0.437 e. The van der Waals surface area contributed by atoms with E-state index in [1.807, 2.05) is 19.9 Å². The molecule has 6 nitrogen and oxygen atoms in total. The Hall–Kier alpha value is -2.11. The highest BCUT2D eigenvalue weighted by molar-refractivity contribution is 5.66. The Kier molecular flexibility index (Phi) is 5.58. The summed E-state index contributed by atoms with van der Waals surface area (Å²) in [5, 5.41) is 11.4. The fourth-order valence-corrected chi connectivity index (χ4v) is 3.18.